The van der Waals surface area contributed by atoms with Crippen molar-refractivity contribution in [1.29, 1.82) is 0 Å². The first-order chi connectivity index (χ1) is 6.57. The van der Waals surface area contributed by atoms with E-state index in [1.807, 2.05) is 0 Å². The fourth-order valence-electron chi connectivity index (χ4n) is 1.58. The predicted octanol–water partition coefficient (Wildman–Crippen LogP) is 3.29. The third-order valence-corrected chi connectivity index (χ3v) is 5.60. The quantitative estimate of drug-likeness (QED) is 0.621. The summed E-state index contributed by atoms with van der Waals surface area (Å²) in [6.07, 6.45) is 2.40. The second-order valence-electron chi connectivity index (χ2n) is 4.75. The van der Waals surface area contributed by atoms with Crippen molar-refractivity contribution in [3.05, 3.63) is 39.9 Å². The molecular formula is C13H16Se. The Morgan fingerprint density at radius 1 is 1.14 bits per heavy atom. The van der Waals surface area contributed by atoms with Crippen LogP contribution in [0.2, 0.25) is 0 Å². The zero-order valence-electron chi connectivity index (χ0n) is 9.00. The van der Waals surface area contributed by atoms with Gasteiger partial charge in [-0.1, -0.05) is 0 Å². The van der Waals surface area contributed by atoms with Gasteiger partial charge in [-0.15, -0.1) is 0 Å². The molecule has 0 bridgehead atoms. The van der Waals surface area contributed by atoms with Crippen LogP contribution in [0.1, 0.15) is 31.9 Å². The van der Waals surface area contributed by atoms with E-state index >= 15 is 0 Å². The van der Waals surface area contributed by atoms with Crippen molar-refractivity contribution in [2.24, 2.45) is 5.41 Å². The van der Waals surface area contributed by atoms with E-state index in [9.17, 15) is 0 Å². The molecule has 1 heteroatoms. The van der Waals surface area contributed by atoms with E-state index < -0.39 is 0 Å². The van der Waals surface area contributed by atoms with Gasteiger partial charge >= 0.3 is 92.4 Å². The summed E-state index contributed by atoms with van der Waals surface area (Å²) < 4.78 is 1.64. The first-order valence-electron chi connectivity index (χ1n) is 5.00. The zero-order valence-corrected chi connectivity index (χ0v) is 10.7. The normalized spacial score (nSPS) is 16.1. The van der Waals surface area contributed by atoms with Crippen LogP contribution < -0.4 is 0 Å². The average Bonchev–Trinajstić information content (AvgIpc) is 2.16. The minimum atomic E-state index is 0.355. The second-order valence-corrected chi connectivity index (χ2v) is 6.88. The number of fused-ring (bicyclic) bond motifs is 1. The maximum atomic E-state index is 2.40. The van der Waals surface area contributed by atoms with Crippen LogP contribution in [0.15, 0.2) is 28.7 Å². The third kappa shape index (κ3) is 1.94. The Balaban J connectivity index is 2.41. The molecule has 1 aliphatic heterocycles. The summed E-state index contributed by atoms with van der Waals surface area (Å²) in [6, 6.07) is 8.77. The van der Waals surface area contributed by atoms with Crippen LogP contribution in [0.5, 0.6) is 0 Å². The van der Waals surface area contributed by atoms with Gasteiger partial charge in [0.05, 0.1) is 0 Å². The van der Waals surface area contributed by atoms with Crippen LogP contribution in [0.25, 0.3) is 6.08 Å². The molecule has 74 valence electrons. The molecule has 0 N–H and O–H groups in total. The predicted molar refractivity (Wildman–Crippen MR) is 63.3 cm³/mol. The fourth-order valence-corrected chi connectivity index (χ4v) is 4.13. The average molecular weight is 251 g/mol. The molecule has 0 spiro atoms. The van der Waals surface area contributed by atoms with E-state index in [-0.39, 0.29) is 0 Å². The van der Waals surface area contributed by atoms with Crippen LogP contribution in [-0.2, 0) is 5.32 Å². The molecule has 0 unspecified atom stereocenters. The Morgan fingerprint density at radius 2 is 1.86 bits per heavy atom. The van der Waals surface area contributed by atoms with Crippen molar-refractivity contribution in [3.8, 4) is 0 Å². The molecule has 0 nitrogen and oxygen atoms in total. The first kappa shape index (κ1) is 10.0. The van der Waals surface area contributed by atoms with Gasteiger partial charge in [0.2, 0.25) is 0 Å². The molecule has 0 aliphatic carbocycles. The van der Waals surface area contributed by atoms with Gasteiger partial charge in [-0.3, -0.25) is 0 Å². The Labute approximate surface area is 92.6 Å². The van der Waals surface area contributed by atoms with Gasteiger partial charge < -0.3 is 0 Å². The first-order valence-corrected chi connectivity index (χ1v) is 7.07. The van der Waals surface area contributed by atoms with Gasteiger partial charge in [0.1, 0.15) is 0 Å². The van der Waals surface area contributed by atoms with E-state index in [1.54, 1.807) is 4.47 Å². The van der Waals surface area contributed by atoms with E-state index in [0.717, 1.165) is 0 Å². The van der Waals surface area contributed by atoms with Gasteiger partial charge in [-0.25, -0.2) is 0 Å². The summed E-state index contributed by atoms with van der Waals surface area (Å²) in [5.74, 6) is 0. The molecule has 0 aromatic heterocycles. The monoisotopic (exact) mass is 252 g/mol. The van der Waals surface area contributed by atoms with E-state index in [2.05, 4.69) is 51.1 Å². The number of hydrogen-bond acceptors (Lipinski definition) is 0. The van der Waals surface area contributed by atoms with Gasteiger partial charge in [-0.2, -0.15) is 0 Å². The fraction of sp³-hybridized carbons (Fsp3) is 0.385. The van der Waals surface area contributed by atoms with Crippen LogP contribution in [-0.4, -0.2) is 15.0 Å². The molecule has 0 atom stereocenters. The molecule has 1 heterocycles. The van der Waals surface area contributed by atoms with Gasteiger partial charge in [0.25, 0.3) is 0 Å². The molecule has 0 amide bonds. The van der Waals surface area contributed by atoms with Crippen molar-refractivity contribution < 1.29 is 0 Å². The molecule has 0 fully saturated rings. The summed E-state index contributed by atoms with van der Waals surface area (Å²) in [4.78, 5) is 0. The van der Waals surface area contributed by atoms with Crippen molar-refractivity contribution in [3.63, 3.8) is 0 Å². The van der Waals surface area contributed by atoms with E-state index in [0.29, 0.717) is 20.4 Å². The van der Waals surface area contributed by atoms with Crippen molar-refractivity contribution in [2.45, 2.75) is 26.1 Å². The molecule has 0 saturated heterocycles. The van der Waals surface area contributed by atoms with Crippen molar-refractivity contribution >= 4 is 21.0 Å². The molecule has 14 heavy (non-hydrogen) atoms. The van der Waals surface area contributed by atoms with Gasteiger partial charge in [0, 0.05) is 0 Å². The van der Waals surface area contributed by atoms with Gasteiger partial charge in [-0.05, 0) is 0 Å². The molecule has 0 radical (unpaired) electrons. The SMILES string of the molecule is CC(C)(C)C1=Cc2ccccc2C[Se]1. The molecule has 1 aromatic carbocycles. The Morgan fingerprint density at radius 3 is 2.57 bits per heavy atom. The number of benzene rings is 1. The molecule has 1 aliphatic rings. The Bertz CT molecular complexity index is 369. The summed E-state index contributed by atoms with van der Waals surface area (Å²) in [6.45, 7) is 6.94. The van der Waals surface area contributed by atoms with Crippen LogP contribution in [0, 0.1) is 5.41 Å². The van der Waals surface area contributed by atoms with E-state index in [4.69, 9.17) is 0 Å². The maximum absolute atomic E-state index is 2.40. The summed E-state index contributed by atoms with van der Waals surface area (Å²) >= 11 is 0.659. The third-order valence-electron chi connectivity index (χ3n) is 2.46. The minimum absolute atomic E-state index is 0.355. The summed E-state index contributed by atoms with van der Waals surface area (Å²) in [7, 11) is 0. The van der Waals surface area contributed by atoms with Gasteiger partial charge in [0.15, 0.2) is 0 Å². The second kappa shape index (κ2) is 3.56. The topological polar surface area (TPSA) is 0 Å². The van der Waals surface area contributed by atoms with Crippen molar-refractivity contribution in [2.75, 3.05) is 0 Å². The summed E-state index contributed by atoms with van der Waals surface area (Å²) in [5.41, 5.74) is 3.32. The van der Waals surface area contributed by atoms with E-state index in [1.165, 1.54) is 16.4 Å². The van der Waals surface area contributed by atoms with Crippen LogP contribution in [0.3, 0.4) is 0 Å². The molecule has 1 aromatic rings. The Kier molecular flexibility index (Phi) is 2.55. The molecule has 2 rings (SSSR count). The standard InChI is InChI=1S/C13H16Se/c1-13(2,3)12-8-10-6-4-5-7-11(10)9-14-12/h4-8H,9H2,1-3H3. The molecular weight excluding hydrogens is 235 g/mol. The van der Waals surface area contributed by atoms with Crippen molar-refractivity contribution in [1.82, 2.24) is 0 Å². The van der Waals surface area contributed by atoms with Crippen LogP contribution in [0.4, 0.5) is 0 Å². The Hall–Kier alpha value is -0.521. The summed E-state index contributed by atoms with van der Waals surface area (Å²) in [5, 5.41) is 1.27. The zero-order chi connectivity index (χ0) is 10.2. The number of hydrogen-bond donors (Lipinski definition) is 0. The number of allylic oxidation sites excluding steroid dienone is 1. The molecule has 0 saturated carbocycles. The van der Waals surface area contributed by atoms with Crippen LogP contribution >= 0.6 is 0 Å². The number of rotatable bonds is 0.